The Hall–Kier alpha value is -0.730. The second kappa shape index (κ2) is 4.51. The smallest absolute Gasteiger partial charge is 0.125 e. The van der Waals surface area contributed by atoms with Gasteiger partial charge >= 0.3 is 0 Å². The van der Waals surface area contributed by atoms with E-state index >= 15 is 0 Å². The molecule has 94 valence electrons. The Balaban J connectivity index is 2.54. The van der Waals surface area contributed by atoms with E-state index in [4.69, 9.17) is 17.3 Å². The molecule has 0 unspecified atom stereocenters. The third-order valence-corrected chi connectivity index (χ3v) is 4.32. The summed E-state index contributed by atoms with van der Waals surface area (Å²) < 4.78 is 0. The lowest BCUT2D eigenvalue weighted by molar-refractivity contribution is 0.290. The van der Waals surface area contributed by atoms with Crippen molar-refractivity contribution in [2.24, 2.45) is 5.73 Å². The fraction of sp³-hybridized carbons (Fsp3) is 0.571. The van der Waals surface area contributed by atoms with E-state index in [0.29, 0.717) is 10.8 Å². The average molecular weight is 254 g/mol. The Bertz CT molecular complexity index is 436. The molecule has 0 bridgehead atoms. The van der Waals surface area contributed by atoms with Gasteiger partial charge in [0, 0.05) is 21.7 Å². The first-order valence-electron chi connectivity index (χ1n) is 6.24. The fourth-order valence-corrected chi connectivity index (χ4v) is 3.17. The van der Waals surface area contributed by atoms with Crippen molar-refractivity contribution >= 4 is 11.6 Å². The van der Waals surface area contributed by atoms with Gasteiger partial charge in [-0.15, -0.1) is 0 Å². The van der Waals surface area contributed by atoms with Gasteiger partial charge in [-0.2, -0.15) is 0 Å². The van der Waals surface area contributed by atoms with Gasteiger partial charge in [-0.05, 0) is 38.3 Å². The van der Waals surface area contributed by atoms with E-state index < -0.39 is 0 Å². The molecule has 0 heterocycles. The van der Waals surface area contributed by atoms with E-state index in [0.717, 1.165) is 42.4 Å². The number of hydrogen-bond acceptors (Lipinski definition) is 2. The van der Waals surface area contributed by atoms with E-state index in [-0.39, 0.29) is 5.54 Å². The van der Waals surface area contributed by atoms with E-state index in [9.17, 15) is 5.11 Å². The summed E-state index contributed by atoms with van der Waals surface area (Å²) in [5.74, 6) is 0.291. The van der Waals surface area contributed by atoms with Crippen LogP contribution in [0.15, 0.2) is 6.07 Å². The second-order valence-corrected chi connectivity index (χ2v) is 5.65. The third-order valence-electron chi connectivity index (χ3n) is 3.93. The Morgan fingerprint density at radius 3 is 2.41 bits per heavy atom. The normalized spacial score (nSPS) is 19.3. The van der Waals surface area contributed by atoms with Crippen LogP contribution in [-0.2, 0) is 5.54 Å². The fourth-order valence-electron chi connectivity index (χ4n) is 2.92. The van der Waals surface area contributed by atoms with Gasteiger partial charge in [0.15, 0.2) is 0 Å². The zero-order valence-corrected chi connectivity index (χ0v) is 11.3. The molecule has 1 aliphatic rings. The highest BCUT2D eigenvalue weighted by Gasteiger charge is 2.34. The minimum absolute atomic E-state index is 0.291. The summed E-state index contributed by atoms with van der Waals surface area (Å²) in [6.45, 7) is 3.82. The molecule has 3 heteroatoms. The molecule has 1 aromatic carbocycles. The predicted molar refractivity (Wildman–Crippen MR) is 71.5 cm³/mol. The SMILES string of the molecule is Cc1cc(Cl)c(C)c(O)c1C1(N)CCCCC1. The van der Waals surface area contributed by atoms with E-state index in [2.05, 4.69) is 0 Å². The number of benzene rings is 1. The maximum absolute atomic E-state index is 10.3. The molecular weight excluding hydrogens is 234 g/mol. The molecule has 0 spiro atoms. The summed E-state index contributed by atoms with van der Waals surface area (Å²) in [4.78, 5) is 0. The van der Waals surface area contributed by atoms with Crippen LogP contribution >= 0.6 is 11.6 Å². The van der Waals surface area contributed by atoms with Gasteiger partial charge < -0.3 is 10.8 Å². The van der Waals surface area contributed by atoms with Crippen LogP contribution in [0.2, 0.25) is 5.02 Å². The van der Waals surface area contributed by atoms with Crippen LogP contribution in [0.25, 0.3) is 0 Å². The van der Waals surface area contributed by atoms with Gasteiger partial charge in [-0.25, -0.2) is 0 Å². The number of rotatable bonds is 1. The highest BCUT2D eigenvalue weighted by molar-refractivity contribution is 6.31. The van der Waals surface area contributed by atoms with Crippen molar-refractivity contribution in [2.75, 3.05) is 0 Å². The standard InChI is InChI=1S/C14H20ClNO/c1-9-8-11(15)10(2)13(17)12(9)14(16)6-4-3-5-7-14/h8,17H,3-7,16H2,1-2H3. The Labute approximate surface area is 108 Å². The number of hydrogen-bond donors (Lipinski definition) is 2. The lowest BCUT2D eigenvalue weighted by Crippen LogP contribution is -2.39. The maximum atomic E-state index is 10.3. The van der Waals surface area contributed by atoms with Gasteiger partial charge in [0.1, 0.15) is 5.75 Å². The first-order valence-corrected chi connectivity index (χ1v) is 6.61. The van der Waals surface area contributed by atoms with Crippen molar-refractivity contribution in [1.82, 2.24) is 0 Å². The molecule has 0 radical (unpaired) electrons. The summed E-state index contributed by atoms with van der Waals surface area (Å²) in [6, 6.07) is 1.91. The molecule has 0 saturated heterocycles. The van der Waals surface area contributed by atoms with Crippen molar-refractivity contribution in [3.63, 3.8) is 0 Å². The van der Waals surface area contributed by atoms with E-state index in [1.54, 1.807) is 0 Å². The molecule has 0 atom stereocenters. The molecule has 1 saturated carbocycles. The van der Waals surface area contributed by atoms with Gasteiger partial charge in [-0.3, -0.25) is 0 Å². The number of phenolic OH excluding ortho intramolecular Hbond substituents is 1. The molecule has 1 fully saturated rings. The van der Waals surface area contributed by atoms with Gasteiger partial charge in [0.2, 0.25) is 0 Å². The lowest BCUT2D eigenvalue weighted by Gasteiger charge is -2.36. The van der Waals surface area contributed by atoms with Crippen LogP contribution in [0.5, 0.6) is 5.75 Å². The van der Waals surface area contributed by atoms with E-state index in [1.165, 1.54) is 6.42 Å². The Morgan fingerprint density at radius 1 is 1.24 bits per heavy atom. The summed E-state index contributed by atoms with van der Waals surface area (Å²) in [5.41, 5.74) is 8.77. The average Bonchev–Trinajstić information content (AvgIpc) is 2.26. The first kappa shape index (κ1) is 12.7. The van der Waals surface area contributed by atoms with Gasteiger partial charge in [-0.1, -0.05) is 30.9 Å². The summed E-state index contributed by atoms with van der Waals surface area (Å²) in [5, 5.41) is 10.9. The minimum Gasteiger partial charge on any atom is -0.507 e. The second-order valence-electron chi connectivity index (χ2n) is 5.24. The van der Waals surface area contributed by atoms with Crippen molar-refractivity contribution in [3.05, 3.63) is 27.8 Å². The monoisotopic (exact) mass is 253 g/mol. The molecule has 3 N–H and O–H groups in total. The summed E-state index contributed by atoms with van der Waals surface area (Å²) in [6.07, 6.45) is 5.41. The number of phenols is 1. The number of aromatic hydroxyl groups is 1. The minimum atomic E-state index is -0.373. The van der Waals surface area contributed by atoms with Crippen LogP contribution in [0.3, 0.4) is 0 Å². The van der Waals surface area contributed by atoms with E-state index in [1.807, 2.05) is 19.9 Å². The number of halogens is 1. The topological polar surface area (TPSA) is 46.2 Å². The van der Waals surface area contributed by atoms with Crippen molar-refractivity contribution < 1.29 is 5.11 Å². The van der Waals surface area contributed by atoms with Crippen LogP contribution in [0.1, 0.15) is 48.8 Å². The number of aryl methyl sites for hydroxylation is 1. The molecule has 2 rings (SSSR count). The molecule has 1 aliphatic carbocycles. The zero-order valence-electron chi connectivity index (χ0n) is 10.5. The number of nitrogens with two attached hydrogens (primary N) is 1. The van der Waals surface area contributed by atoms with Crippen LogP contribution in [-0.4, -0.2) is 5.11 Å². The van der Waals surface area contributed by atoms with Crippen LogP contribution in [0.4, 0.5) is 0 Å². The van der Waals surface area contributed by atoms with Crippen LogP contribution < -0.4 is 5.73 Å². The molecular formula is C14H20ClNO. The van der Waals surface area contributed by atoms with Crippen molar-refractivity contribution in [3.8, 4) is 5.75 Å². The van der Waals surface area contributed by atoms with Gasteiger partial charge in [0.25, 0.3) is 0 Å². The Kier molecular flexibility index (Phi) is 3.37. The molecule has 0 aliphatic heterocycles. The molecule has 1 aromatic rings. The molecule has 0 aromatic heterocycles. The van der Waals surface area contributed by atoms with Gasteiger partial charge in [0.05, 0.1) is 0 Å². The quantitative estimate of drug-likeness (QED) is 0.800. The summed E-state index contributed by atoms with van der Waals surface area (Å²) in [7, 11) is 0. The molecule has 0 amide bonds. The Morgan fingerprint density at radius 2 is 1.82 bits per heavy atom. The lowest BCUT2D eigenvalue weighted by atomic mass is 9.75. The predicted octanol–water partition coefficient (Wildman–Crippen LogP) is 3.78. The largest absolute Gasteiger partial charge is 0.507 e. The molecule has 17 heavy (non-hydrogen) atoms. The molecule has 2 nitrogen and oxygen atoms in total. The van der Waals surface area contributed by atoms with Crippen molar-refractivity contribution in [1.29, 1.82) is 0 Å². The highest BCUT2D eigenvalue weighted by Crippen LogP contribution is 2.43. The zero-order chi connectivity index (χ0) is 12.6. The third kappa shape index (κ3) is 2.16. The van der Waals surface area contributed by atoms with Crippen molar-refractivity contribution in [2.45, 2.75) is 51.5 Å². The summed E-state index contributed by atoms with van der Waals surface area (Å²) >= 11 is 6.07. The maximum Gasteiger partial charge on any atom is 0.125 e. The first-order chi connectivity index (χ1) is 7.96. The van der Waals surface area contributed by atoms with Crippen LogP contribution in [0, 0.1) is 13.8 Å². The highest BCUT2D eigenvalue weighted by atomic mass is 35.5.